The highest BCUT2D eigenvalue weighted by molar-refractivity contribution is 7.14. The van der Waals surface area contributed by atoms with E-state index in [9.17, 15) is 27.9 Å². The predicted octanol–water partition coefficient (Wildman–Crippen LogP) is 4.74. The molecular formula is C20H12F3N3O3S. The average molecular weight is 431 g/mol. The van der Waals surface area contributed by atoms with Gasteiger partial charge in [0.2, 0.25) is 0 Å². The fraction of sp³-hybridized carbons (Fsp3) is 0.0500. The third-order valence-electron chi connectivity index (χ3n) is 4.46. The normalized spacial score (nSPS) is 11.1. The number of hydrogen-bond acceptors (Lipinski definition) is 4. The van der Waals surface area contributed by atoms with Crippen molar-refractivity contribution in [2.24, 2.45) is 0 Å². The molecule has 152 valence electrons. The van der Waals surface area contributed by atoms with Crippen molar-refractivity contribution in [3.8, 4) is 10.4 Å². The van der Waals surface area contributed by atoms with E-state index in [2.05, 4.69) is 10.4 Å². The molecule has 30 heavy (non-hydrogen) atoms. The minimum atomic E-state index is -1.43. The number of halogens is 3. The van der Waals surface area contributed by atoms with E-state index in [1.165, 1.54) is 53.3 Å². The van der Waals surface area contributed by atoms with Crippen molar-refractivity contribution in [3.63, 3.8) is 0 Å². The van der Waals surface area contributed by atoms with Gasteiger partial charge < -0.3 is 10.4 Å². The number of thiophene rings is 1. The number of fused-ring (bicyclic) bond motifs is 1. The van der Waals surface area contributed by atoms with E-state index in [0.29, 0.717) is 0 Å². The standard InChI is InChI=1S/C20H12F3N3O3S/c1-9-4-5-10(17(23)16(9)22)18-15(20(28)29)13(8-30-18)24-19(27)12-7-14-11(21)3-2-6-26(14)25-12/h2-8H,1H3,(H,24,27)(H,28,29). The van der Waals surface area contributed by atoms with Crippen LogP contribution in [-0.4, -0.2) is 26.6 Å². The number of nitrogens with zero attached hydrogens (tertiary/aromatic N) is 2. The van der Waals surface area contributed by atoms with Gasteiger partial charge in [0.1, 0.15) is 16.9 Å². The topological polar surface area (TPSA) is 83.7 Å². The molecule has 4 rings (SSSR count). The Morgan fingerprint density at radius 2 is 1.93 bits per heavy atom. The lowest BCUT2D eigenvalue weighted by Crippen LogP contribution is -2.14. The number of nitrogens with one attached hydrogen (secondary N) is 1. The number of rotatable bonds is 4. The zero-order valence-corrected chi connectivity index (χ0v) is 16.1. The average Bonchev–Trinajstić information content (AvgIpc) is 3.31. The van der Waals surface area contributed by atoms with E-state index in [1.54, 1.807) is 0 Å². The highest BCUT2D eigenvalue weighted by Crippen LogP contribution is 2.38. The second kappa shape index (κ2) is 7.30. The summed E-state index contributed by atoms with van der Waals surface area (Å²) in [5.41, 5.74) is -0.704. The van der Waals surface area contributed by atoms with Gasteiger partial charge in [0.25, 0.3) is 5.91 Å². The molecule has 0 atom stereocenters. The maximum atomic E-state index is 14.4. The van der Waals surface area contributed by atoms with Crippen LogP contribution >= 0.6 is 11.3 Å². The molecule has 0 saturated carbocycles. The maximum Gasteiger partial charge on any atom is 0.339 e. The molecule has 3 aromatic heterocycles. The monoisotopic (exact) mass is 431 g/mol. The summed E-state index contributed by atoms with van der Waals surface area (Å²) in [4.78, 5) is 24.3. The van der Waals surface area contributed by atoms with Crippen LogP contribution in [-0.2, 0) is 0 Å². The number of aryl methyl sites for hydroxylation is 1. The molecule has 0 fully saturated rings. The summed E-state index contributed by atoms with van der Waals surface area (Å²) in [7, 11) is 0. The second-order valence-corrected chi connectivity index (χ2v) is 7.27. The van der Waals surface area contributed by atoms with Gasteiger partial charge in [0, 0.05) is 17.1 Å². The Morgan fingerprint density at radius 3 is 2.63 bits per heavy atom. The molecule has 2 N–H and O–H groups in total. The lowest BCUT2D eigenvalue weighted by molar-refractivity contribution is 0.0699. The van der Waals surface area contributed by atoms with Gasteiger partial charge in [0.15, 0.2) is 17.3 Å². The Morgan fingerprint density at radius 1 is 1.17 bits per heavy atom. The summed E-state index contributed by atoms with van der Waals surface area (Å²) in [6, 6.07) is 6.46. The van der Waals surface area contributed by atoms with Crippen LogP contribution in [0, 0.1) is 24.4 Å². The highest BCUT2D eigenvalue weighted by atomic mass is 32.1. The van der Waals surface area contributed by atoms with Gasteiger partial charge in [-0.15, -0.1) is 11.3 Å². The molecule has 0 saturated heterocycles. The number of carbonyl (C=O) groups excluding carboxylic acids is 1. The highest BCUT2D eigenvalue weighted by Gasteiger charge is 2.25. The van der Waals surface area contributed by atoms with Crippen molar-refractivity contribution in [3.05, 3.63) is 76.2 Å². The fourth-order valence-corrected chi connectivity index (χ4v) is 3.97. The van der Waals surface area contributed by atoms with Crippen LogP contribution < -0.4 is 5.32 Å². The van der Waals surface area contributed by atoms with Crippen molar-refractivity contribution in [1.82, 2.24) is 9.61 Å². The number of aromatic nitrogens is 2. The zero-order valence-electron chi connectivity index (χ0n) is 15.2. The molecule has 6 nitrogen and oxygen atoms in total. The molecule has 1 amide bonds. The molecule has 0 aliphatic rings. The van der Waals surface area contributed by atoms with Gasteiger partial charge in [-0.05, 0) is 30.7 Å². The SMILES string of the molecule is Cc1ccc(-c2scc(NC(=O)c3cc4c(F)cccn4n3)c2C(=O)O)c(F)c1F. The fourth-order valence-electron chi connectivity index (χ4n) is 2.96. The smallest absolute Gasteiger partial charge is 0.339 e. The van der Waals surface area contributed by atoms with E-state index < -0.39 is 29.3 Å². The van der Waals surface area contributed by atoms with Crippen LogP contribution in [0.2, 0.25) is 0 Å². The van der Waals surface area contributed by atoms with Crippen LogP contribution in [0.4, 0.5) is 18.9 Å². The molecule has 0 bridgehead atoms. The summed E-state index contributed by atoms with van der Waals surface area (Å²) in [6.45, 7) is 1.39. The largest absolute Gasteiger partial charge is 0.478 e. The van der Waals surface area contributed by atoms with E-state index >= 15 is 0 Å². The maximum absolute atomic E-state index is 14.4. The van der Waals surface area contributed by atoms with Crippen molar-refractivity contribution in [2.45, 2.75) is 6.92 Å². The third kappa shape index (κ3) is 3.20. The van der Waals surface area contributed by atoms with Gasteiger partial charge in [-0.2, -0.15) is 5.10 Å². The number of benzene rings is 1. The van der Waals surface area contributed by atoms with Gasteiger partial charge in [-0.3, -0.25) is 4.79 Å². The number of carbonyl (C=O) groups is 2. The van der Waals surface area contributed by atoms with Crippen LogP contribution in [0.25, 0.3) is 16.0 Å². The van der Waals surface area contributed by atoms with Gasteiger partial charge in [0.05, 0.1) is 10.6 Å². The summed E-state index contributed by atoms with van der Waals surface area (Å²) in [5, 5.41) is 17.3. The lowest BCUT2D eigenvalue weighted by Gasteiger charge is -2.07. The first-order valence-corrected chi connectivity index (χ1v) is 9.41. The van der Waals surface area contributed by atoms with Crippen LogP contribution in [0.15, 0.2) is 41.9 Å². The first kappa shape index (κ1) is 19.6. The Kier molecular flexibility index (Phi) is 4.78. The predicted molar refractivity (Wildman–Crippen MR) is 104 cm³/mol. The minimum Gasteiger partial charge on any atom is -0.478 e. The number of amides is 1. The second-order valence-electron chi connectivity index (χ2n) is 6.39. The number of anilines is 1. The molecule has 0 spiro atoms. The van der Waals surface area contributed by atoms with Crippen LogP contribution in [0.1, 0.15) is 26.4 Å². The molecule has 0 aliphatic carbocycles. The summed E-state index contributed by atoms with van der Waals surface area (Å²) in [5.74, 6) is -5.03. The number of hydrogen-bond donors (Lipinski definition) is 2. The molecular weight excluding hydrogens is 419 g/mol. The van der Waals surface area contributed by atoms with Gasteiger partial charge in [-0.25, -0.2) is 22.5 Å². The molecule has 10 heteroatoms. The Labute approximate surface area is 171 Å². The minimum absolute atomic E-state index is 0.0461. The van der Waals surface area contributed by atoms with Crippen LogP contribution in [0.3, 0.4) is 0 Å². The van der Waals surface area contributed by atoms with E-state index in [0.717, 1.165) is 11.3 Å². The number of aromatic carboxylic acids is 1. The molecule has 3 heterocycles. The zero-order chi connectivity index (χ0) is 21.6. The number of pyridine rings is 1. The third-order valence-corrected chi connectivity index (χ3v) is 5.47. The van der Waals surface area contributed by atoms with Gasteiger partial charge in [-0.1, -0.05) is 12.1 Å². The summed E-state index contributed by atoms with van der Waals surface area (Å²) < 4.78 is 43.3. The van der Waals surface area contributed by atoms with E-state index in [-0.39, 0.29) is 38.5 Å². The Bertz CT molecular complexity index is 1330. The van der Waals surface area contributed by atoms with Crippen LogP contribution in [0.5, 0.6) is 0 Å². The van der Waals surface area contributed by atoms with Crippen molar-refractivity contribution < 1.29 is 27.9 Å². The molecule has 0 radical (unpaired) electrons. The first-order valence-electron chi connectivity index (χ1n) is 8.53. The van der Waals surface area contributed by atoms with Crippen molar-refractivity contribution in [2.75, 3.05) is 5.32 Å². The van der Waals surface area contributed by atoms with E-state index in [1.807, 2.05) is 0 Å². The molecule has 0 unspecified atom stereocenters. The van der Waals surface area contributed by atoms with Crippen molar-refractivity contribution in [1.29, 1.82) is 0 Å². The number of carboxylic acids is 1. The summed E-state index contributed by atoms with van der Waals surface area (Å²) in [6.07, 6.45) is 1.45. The summed E-state index contributed by atoms with van der Waals surface area (Å²) >= 11 is 0.843. The Hall–Kier alpha value is -3.66. The lowest BCUT2D eigenvalue weighted by atomic mass is 10.1. The Balaban J connectivity index is 1.73. The van der Waals surface area contributed by atoms with Crippen molar-refractivity contribution >= 4 is 34.4 Å². The first-order chi connectivity index (χ1) is 14.3. The molecule has 4 aromatic rings. The molecule has 0 aliphatic heterocycles. The quantitative estimate of drug-likeness (QED) is 0.489. The number of carboxylic acid groups (broad SMARTS) is 1. The van der Waals surface area contributed by atoms with E-state index in [4.69, 9.17) is 0 Å². The van der Waals surface area contributed by atoms with Gasteiger partial charge >= 0.3 is 5.97 Å². The molecule has 1 aromatic carbocycles.